The summed E-state index contributed by atoms with van der Waals surface area (Å²) >= 11 is 1.86. The zero-order chi connectivity index (χ0) is 17.3. The molecule has 1 saturated heterocycles. The van der Waals surface area contributed by atoms with Crippen molar-refractivity contribution in [3.8, 4) is 0 Å². The molecular formula is C23H22N2S. The van der Waals surface area contributed by atoms with Crippen molar-refractivity contribution in [1.29, 1.82) is 0 Å². The van der Waals surface area contributed by atoms with Gasteiger partial charge in [-0.15, -0.1) is 11.3 Å². The minimum absolute atomic E-state index is 0.305. The van der Waals surface area contributed by atoms with Crippen molar-refractivity contribution in [2.45, 2.75) is 6.04 Å². The highest BCUT2D eigenvalue weighted by molar-refractivity contribution is 7.17. The Morgan fingerprint density at radius 2 is 1.50 bits per heavy atom. The van der Waals surface area contributed by atoms with E-state index >= 15 is 0 Å². The van der Waals surface area contributed by atoms with Crippen LogP contribution in [0.5, 0.6) is 0 Å². The van der Waals surface area contributed by atoms with Crippen LogP contribution < -0.4 is 5.32 Å². The molecule has 1 atom stereocenters. The van der Waals surface area contributed by atoms with Gasteiger partial charge >= 0.3 is 0 Å². The highest BCUT2D eigenvalue weighted by Gasteiger charge is 2.27. The Labute approximate surface area is 158 Å². The van der Waals surface area contributed by atoms with E-state index in [-0.39, 0.29) is 0 Å². The molecule has 3 aromatic carbocycles. The molecule has 2 nitrogen and oxygen atoms in total. The van der Waals surface area contributed by atoms with Crippen molar-refractivity contribution in [3.05, 3.63) is 83.2 Å². The second-order valence-electron chi connectivity index (χ2n) is 6.94. The summed E-state index contributed by atoms with van der Waals surface area (Å²) in [6.45, 7) is 4.28. The zero-order valence-corrected chi connectivity index (χ0v) is 15.5. The molecule has 0 aliphatic carbocycles. The molecule has 2 heterocycles. The Bertz CT molecular complexity index is 1040. The van der Waals surface area contributed by atoms with Gasteiger partial charge < -0.3 is 5.32 Å². The number of benzene rings is 3. The maximum Gasteiger partial charge on any atom is 0.0623 e. The fourth-order valence-electron chi connectivity index (χ4n) is 4.20. The van der Waals surface area contributed by atoms with Gasteiger partial charge in [-0.2, -0.15) is 0 Å². The van der Waals surface area contributed by atoms with Gasteiger partial charge in [0.1, 0.15) is 0 Å². The lowest BCUT2D eigenvalue weighted by Gasteiger charge is -2.36. The molecule has 1 aromatic heterocycles. The number of rotatable bonds is 3. The van der Waals surface area contributed by atoms with E-state index in [9.17, 15) is 0 Å². The predicted octanol–water partition coefficient (Wildman–Crippen LogP) is 5.05. The molecular weight excluding hydrogens is 336 g/mol. The summed E-state index contributed by atoms with van der Waals surface area (Å²) in [5.74, 6) is 0. The summed E-state index contributed by atoms with van der Waals surface area (Å²) in [6, 6.07) is 24.7. The summed E-state index contributed by atoms with van der Waals surface area (Å²) in [7, 11) is 0. The number of hydrogen-bond acceptors (Lipinski definition) is 3. The van der Waals surface area contributed by atoms with E-state index in [1.807, 2.05) is 11.3 Å². The molecule has 4 aromatic rings. The Morgan fingerprint density at radius 3 is 2.38 bits per heavy atom. The molecule has 3 heteroatoms. The Hall–Kier alpha value is -2.20. The zero-order valence-electron chi connectivity index (χ0n) is 14.7. The maximum absolute atomic E-state index is 3.50. The van der Waals surface area contributed by atoms with Crippen LogP contribution in [0.2, 0.25) is 0 Å². The highest BCUT2D eigenvalue weighted by atomic mass is 32.1. The van der Waals surface area contributed by atoms with Gasteiger partial charge in [-0.1, -0.05) is 60.7 Å². The molecule has 0 amide bonds. The second-order valence-corrected chi connectivity index (χ2v) is 7.86. The smallest absolute Gasteiger partial charge is 0.0623 e. The van der Waals surface area contributed by atoms with Crippen LogP contribution in [0.25, 0.3) is 20.9 Å². The summed E-state index contributed by atoms with van der Waals surface area (Å²) in [5.41, 5.74) is 2.87. The molecule has 1 N–H and O–H groups in total. The van der Waals surface area contributed by atoms with E-state index in [0.717, 1.165) is 26.2 Å². The van der Waals surface area contributed by atoms with Gasteiger partial charge in [0.15, 0.2) is 0 Å². The molecule has 26 heavy (non-hydrogen) atoms. The van der Waals surface area contributed by atoms with Gasteiger partial charge in [0.25, 0.3) is 0 Å². The van der Waals surface area contributed by atoms with E-state index in [4.69, 9.17) is 0 Å². The first-order valence-electron chi connectivity index (χ1n) is 9.30. The van der Waals surface area contributed by atoms with Crippen molar-refractivity contribution in [2.75, 3.05) is 26.2 Å². The summed E-state index contributed by atoms with van der Waals surface area (Å²) in [5, 5.41) is 9.97. The fraction of sp³-hybridized carbons (Fsp3) is 0.217. The SMILES string of the molecule is c1ccc2c(C(c3csc4ccccc34)N3CCNCC3)cccc2c1. The van der Waals surface area contributed by atoms with Crippen LogP contribution in [0.4, 0.5) is 0 Å². The van der Waals surface area contributed by atoms with Crippen molar-refractivity contribution in [2.24, 2.45) is 0 Å². The molecule has 0 spiro atoms. The lowest BCUT2D eigenvalue weighted by molar-refractivity contribution is 0.200. The molecule has 0 bridgehead atoms. The van der Waals surface area contributed by atoms with Gasteiger partial charge in [-0.05, 0) is 38.7 Å². The van der Waals surface area contributed by atoms with E-state index in [1.54, 1.807) is 0 Å². The molecule has 130 valence electrons. The minimum atomic E-state index is 0.305. The van der Waals surface area contributed by atoms with Crippen LogP contribution in [0.3, 0.4) is 0 Å². The first-order valence-corrected chi connectivity index (χ1v) is 10.2. The van der Waals surface area contributed by atoms with Crippen LogP contribution in [0, 0.1) is 0 Å². The van der Waals surface area contributed by atoms with E-state index in [2.05, 4.69) is 82.3 Å². The maximum atomic E-state index is 3.50. The molecule has 0 saturated carbocycles. The van der Waals surface area contributed by atoms with E-state index in [0.29, 0.717) is 6.04 Å². The van der Waals surface area contributed by atoms with Gasteiger partial charge in [0, 0.05) is 30.9 Å². The molecule has 1 fully saturated rings. The first kappa shape index (κ1) is 16.0. The van der Waals surface area contributed by atoms with Crippen LogP contribution in [-0.4, -0.2) is 31.1 Å². The molecule has 1 unspecified atom stereocenters. The normalized spacial score (nSPS) is 16.9. The fourth-order valence-corrected chi connectivity index (χ4v) is 5.18. The average molecular weight is 359 g/mol. The third-order valence-corrected chi connectivity index (χ3v) is 6.42. The Morgan fingerprint density at radius 1 is 0.769 bits per heavy atom. The van der Waals surface area contributed by atoms with Gasteiger partial charge in [0.2, 0.25) is 0 Å². The molecule has 5 rings (SSSR count). The molecule has 1 aliphatic heterocycles. The number of thiophene rings is 1. The number of nitrogens with one attached hydrogen (secondary N) is 1. The van der Waals surface area contributed by atoms with Crippen molar-refractivity contribution in [3.63, 3.8) is 0 Å². The second kappa shape index (κ2) is 6.84. The number of nitrogens with zero attached hydrogens (tertiary/aromatic N) is 1. The minimum Gasteiger partial charge on any atom is -0.314 e. The lowest BCUT2D eigenvalue weighted by Crippen LogP contribution is -2.45. The monoisotopic (exact) mass is 358 g/mol. The van der Waals surface area contributed by atoms with Crippen LogP contribution in [-0.2, 0) is 0 Å². The Balaban J connectivity index is 1.74. The van der Waals surface area contributed by atoms with E-state index < -0.39 is 0 Å². The summed E-state index contributed by atoms with van der Waals surface area (Å²) in [6.07, 6.45) is 0. The van der Waals surface area contributed by atoms with Crippen molar-refractivity contribution < 1.29 is 0 Å². The van der Waals surface area contributed by atoms with Crippen molar-refractivity contribution in [1.82, 2.24) is 10.2 Å². The van der Waals surface area contributed by atoms with Crippen molar-refractivity contribution >= 4 is 32.2 Å². The van der Waals surface area contributed by atoms with Gasteiger partial charge in [-0.25, -0.2) is 0 Å². The first-order chi connectivity index (χ1) is 12.9. The quantitative estimate of drug-likeness (QED) is 0.551. The molecule has 1 aliphatic rings. The van der Waals surface area contributed by atoms with Gasteiger partial charge in [-0.3, -0.25) is 4.90 Å². The Kier molecular flexibility index (Phi) is 4.21. The number of piperazine rings is 1. The lowest BCUT2D eigenvalue weighted by atomic mass is 9.92. The third-order valence-electron chi connectivity index (χ3n) is 5.44. The average Bonchev–Trinajstić information content (AvgIpc) is 3.13. The molecule has 0 radical (unpaired) electrons. The van der Waals surface area contributed by atoms with Crippen LogP contribution in [0.1, 0.15) is 17.2 Å². The predicted molar refractivity (Wildman–Crippen MR) is 112 cm³/mol. The van der Waals surface area contributed by atoms with E-state index in [1.165, 1.54) is 32.0 Å². The number of fused-ring (bicyclic) bond motifs is 2. The largest absolute Gasteiger partial charge is 0.314 e. The van der Waals surface area contributed by atoms with Gasteiger partial charge in [0.05, 0.1) is 6.04 Å². The topological polar surface area (TPSA) is 15.3 Å². The standard InChI is InChI=1S/C23H22N2S/c1-2-8-18-17(6-1)7-5-10-20(18)23(25-14-12-24-13-15-25)21-16-26-22-11-4-3-9-19(21)22/h1-11,16,23-24H,12-15H2. The summed E-state index contributed by atoms with van der Waals surface area (Å²) < 4.78 is 1.38. The third kappa shape index (κ3) is 2.73. The highest BCUT2D eigenvalue weighted by Crippen LogP contribution is 2.39. The number of hydrogen-bond donors (Lipinski definition) is 1. The van der Waals surface area contributed by atoms with Crippen LogP contribution >= 0.6 is 11.3 Å². The summed E-state index contributed by atoms with van der Waals surface area (Å²) in [4.78, 5) is 2.65. The van der Waals surface area contributed by atoms with Crippen LogP contribution in [0.15, 0.2) is 72.1 Å².